The number of rotatable bonds is 3. The van der Waals surface area contributed by atoms with Crippen molar-refractivity contribution in [1.29, 1.82) is 0 Å². The fourth-order valence-electron chi connectivity index (χ4n) is 2.54. The number of hydrogen-bond acceptors (Lipinski definition) is 4. The molecule has 3 rings (SSSR count). The van der Waals surface area contributed by atoms with Gasteiger partial charge in [-0.2, -0.15) is 13.2 Å². The summed E-state index contributed by atoms with van der Waals surface area (Å²) in [4.78, 5) is 12.5. The minimum Gasteiger partial charge on any atom is -0.300 e. The van der Waals surface area contributed by atoms with Gasteiger partial charge in [0.1, 0.15) is 0 Å². The lowest BCUT2D eigenvalue weighted by atomic mass is 9.64. The number of benzene rings is 1. The van der Waals surface area contributed by atoms with Crippen molar-refractivity contribution in [3.8, 4) is 0 Å². The van der Waals surface area contributed by atoms with Gasteiger partial charge in [0.15, 0.2) is 0 Å². The lowest BCUT2D eigenvalue weighted by Gasteiger charge is -2.40. The second kappa shape index (κ2) is 5.35. The Morgan fingerprint density at radius 3 is 2.36 bits per heavy atom. The summed E-state index contributed by atoms with van der Waals surface area (Å²) in [5.41, 5.74) is 0.199. The van der Waals surface area contributed by atoms with Crippen LogP contribution in [0.5, 0.6) is 0 Å². The molecular weight excluding hydrogens is 315 g/mol. The first kappa shape index (κ1) is 15.0. The highest BCUT2D eigenvalue weighted by atomic mass is 32.1. The molecule has 0 radical (unpaired) electrons. The standard InChI is InChI=1S/C14H12F3N3OS/c15-14(16,17)11-19-20-12(22-11)18-10(21)13(7-4-8-13)9-5-2-1-3-6-9/h1-3,5-6H,4,7-8H2,(H,18,20,21). The molecule has 0 unspecified atom stereocenters. The topological polar surface area (TPSA) is 54.9 Å². The molecule has 0 aliphatic heterocycles. The van der Waals surface area contributed by atoms with Gasteiger partial charge in [0.25, 0.3) is 0 Å². The molecule has 1 saturated carbocycles. The molecule has 1 aromatic carbocycles. The zero-order chi connectivity index (χ0) is 15.8. The summed E-state index contributed by atoms with van der Waals surface area (Å²) in [7, 11) is 0. The first-order valence-electron chi connectivity index (χ1n) is 6.69. The maximum absolute atomic E-state index is 12.5. The van der Waals surface area contributed by atoms with Crippen molar-refractivity contribution >= 4 is 22.4 Å². The zero-order valence-electron chi connectivity index (χ0n) is 11.4. The number of nitrogens with zero attached hydrogens (tertiary/aromatic N) is 2. The van der Waals surface area contributed by atoms with Gasteiger partial charge in [0, 0.05) is 0 Å². The van der Waals surface area contributed by atoms with Crippen molar-refractivity contribution in [1.82, 2.24) is 10.2 Å². The minimum absolute atomic E-state index is 0.125. The van der Waals surface area contributed by atoms with Crippen molar-refractivity contribution < 1.29 is 18.0 Å². The number of aromatic nitrogens is 2. The number of anilines is 1. The summed E-state index contributed by atoms with van der Waals surface area (Å²) in [5.74, 6) is -0.324. The van der Waals surface area contributed by atoms with Crippen LogP contribution in [0.15, 0.2) is 30.3 Å². The van der Waals surface area contributed by atoms with E-state index in [2.05, 4.69) is 15.5 Å². The van der Waals surface area contributed by atoms with Gasteiger partial charge in [-0.3, -0.25) is 10.1 Å². The molecule has 1 aliphatic carbocycles. The van der Waals surface area contributed by atoms with Crippen LogP contribution in [-0.2, 0) is 16.4 Å². The average molecular weight is 327 g/mol. The van der Waals surface area contributed by atoms with E-state index in [-0.39, 0.29) is 11.0 Å². The van der Waals surface area contributed by atoms with Crippen LogP contribution in [0.3, 0.4) is 0 Å². The zero-order valence-corrected chi connectivity index (χ0v) is 12.2. The molecule has 2 aromatic rings. The van der Waals surface area contributed by atoms with Gasteiger partial charge in [-0.15, -0.1) is 10.2 Å². The molecule has 0 atom stereocenters. The van der Waals surface area contributed by atoms with E-state index in [0.717, 1.165) is 12.0 Å². The molecule has 1 fully saturated rings. The number of carbonyl (C=O) groups excluding carboxylic acids is 1. The van der Waals surface area contributed by atoms with Gasteiger partial charge in [-0.25, -0.2) is 0 Å². The molecule has 22 heavy (non-hydrogen) atoms. The monoisotopic (exact) mass is 327 g/mol. The summed E-state index contributed by atoms with van der Waals surface area (Å²) in [6, 6.07) is 9.26. The van der Waals surface area contributed by atoms with Crippen LogP contribution in [0.2, 0.25) is 0 Å². The summed E-state index contributed by atoms with van der Waals surface area (Å²) < 4.78 is 37.5. The summed E-state index contributed by atoms with van der Waals surface area (Å²) in [5, 5.41) is 7.76. The lowest BCUT2D eigenvalue weighted by Crippen LogP contribution is -2.45. The third-order valence-corrected chi connectivity index (χ3v) is 4.74. The molecule has 0 spiro atoms. The Hall–Kier alpha value is -1.96. The van der Waals surface area contributed by atoms with Crippen molar-refractivity contribution in [2.24, 2.45) is 0 Å². The van der Waals surface area contributed by atoms with Crippen LogP contribution in [-0.4, -0.2) is 16.1 Å². The van der Waals surface area contributed by atoms with E-state index in [1.165, 1.54) is 0 Å². The largest absolute Gasteiger partial charge is 0.445 e. The summed E-state index contributed by atoms with van der Waals surface area (Å²) in [6.07, 6.45) is -2.29. The van der Waals surface area contributed by atoms with Gasteiger partial charge in [-0.05, 0) is 18.4 Å². The molecular formula is C14H12F3N3OS. The number of carbonyl (C=O) groups is 1. The van der Waals surface area contributed by atoms with E-state index in [1.54, 1.807) is 0 Å². The Balaban J connectivity index is 1.80. The predicted octanol–water partition coefficient (Wildman–Crippen LogP) is 3.62. The highest BCUT2D eigenvalue weighted by molar-refractivity contribution is 7.15. The maximum atomic E-state index is 12.5. The van der Waals surface area contributed by atoms with Crippen LogP contribution >= 0.6 is 11.3 Å². The molecule has 1 aromatic heterocycles. The van der Waals surface area contributed by atoms with Crippen molar-refractivity contribution in [2.75, 3.05) is 5.32 Å². The fourth-order valence-corrected chi connectivity index (χ4v) is 3.15. The Bertz CT molecular complexity index is 680. The van der Waals surface area contributed by atoms with Crippen molar-refractivity contribution in [3.63, 3.8) is 0 Å². The average Bonchev–Trinajstić information content (AvgIpc) is 2.87. The SMILES string of the molecule is O=C(Nc1nnc(C(F)(F)F)s1)C1(c2ccccc2)CCC1. The number of nitrogens with one attached hydrogen (secondary N) is 1. The molecule has 1 N–H and O–H groups in total. The van der Waals surface area contributed by atoms with E-state index in [4.69, 9.17) is 0 Å². The fraction of sp³-hybridized carbons (Fsp3) is 0.357. The lowest BCUT2D eigenvalue weighted by molar-refractivity contribution is -0.138. The minimum atomic E-state index is -4.55. The number of hydrogen-bond donors (Lipinski definition) is 1. The predicted molar refractivity (Wildman–Crippen MR) is 75.5 cm³/mol. The van der Waals surface area contributed by atoms with Crippen molar-refractivity contribution in [2.45, 2.75) is 30.9 Å². The van der Waals surface area contributed by atoms with Crippen LogP contribution in [0.25, 0.3) is 0 Å². The second-order valence-electron chi connectivity index (χ2n) is 5.17. The number of halogens is 3. The quantitative estimate of drug-likeness (QED) is 0.937. The molecule has 0 bridgehead atoms. The smallest absolute Gasteiger partial charge is 0.300 e. The third kappa shape index (κ3) is 2.58. The van der Waals surface area contributed by atoms with E-state index in [0.29, 0.717) is 24.2 Å². The van der Waals surface area contributed by atoms with Crippen LogP contribution in [0, 0.1) is 0 Å². The molecule has 0 saturated heterocycles. The number of amides is 1. The Kier molecular flexibility index (Phi) is 3.64. The Morgan fingerprint density at radius 2 is 1.86 bits per heavy atom. The third-order valence-electron chi connectivity index (χ3n) is 3.86. The summed E-state index contributed by atoms with van der Waals surface area (Å²) >= 11 is 0.335. The van der Waals surface area contributed by atoms with Gasteiger partial charge < -0.3 is 0 Å². The highest BCUT2D eigenvalue weighted by Crippen LogP contribution is 2.44. The van der Waals surface area contributed by atoms with Gasteiger partial charge >= 0.3 is 6.18 Å². The summed E-state index contributed by atoms with van der Waals surface area (Å²) in [6.45, 7) is 0. The normalized spacial score (nSPS) is 16.9. The molecule has 8 heteroatoms. The molecule has 1 heterocycles. The Morgan fingerprint density at radius 1 is 1.18 bits per heavy atom. The molecule has 1 amide bonds. The van der Waals surface area contributed by atoms with E-state index in [9.17, 15) is 18.0 Å². The van der Waals surface area contributed by atoms with Gasteiger partial charge in [0.2, 0.25) is 16.0 Å². The van der Waals surface area contributed by atoms with Crippen LogP contribution in [0.4, 0.5) is 18.3 Å². The molecule has 4 nitrogen and oxygen atoms in total. The van der Waals surface area contributed by atoms with Gasteiger partial charge in [-0.1, -0.05) is 48.1 Å². The number of alkyl halides is 3. The first-order chi connectivity index (χ1) is 10.4. The Labute approximate surface area is 128 Å². The molecule has 116 valence electrons. The second-order valence-corrected chi connectivity index (χ2v) is 6.14. The van der Waals surface area contributed by atoms with Gasteiger partial charge in [0.05, 0.1) is 5.41 Å². The van der Waals surface area contributed by atoms with Crippen LogP contribution in [0.1, 0.15) is 29.8 Å². The van der Waals surface area contributed by atoms with E-state index in [1.807, 2.05) is 30.3 Å². The van der Waals surface area contributed by atoms with E-state index < -0.39 is 16.6 Å². The maximum Gasteiger partial charge on any atom is 0.445 e. The molecule has 1 aliphatic rings. The van der Waals surface area contributed by atoms with Crippen LogP contribution < -0.4 is 5.32 Å². The van der Waals surface area contributed by atoms with Crippen molar-refractivity contribution in [3.05, 3.63) is 40.9 Å². The highest BCUT2D eigenvalue weighted by Gasteiger charge is 2.46. The first-order valence-corrected chi connectivity index (χ1v) is 7.51. The van der Waals surface area contributed by atoms with E-state index >= 15 is 0 Å².